The Balaban J connectivity index is 4.12. The van der Waals surface area contributed by atoms with E-state index in [0.29, 0.717) is 0 Å². The van der Waals surface area contributed by atoms with Crippen LogP contribution in [0.2, 0.25) is 0 Å². The van der Waals surface area contributed by atoms with Crippen molar-refractivity contribution in [3.63, 3.8) is 0 Å². The van der Waals surface area contributed by atoms with Gasteiger partial charge in [-0.2, -0.15) is 0 Å². The van der Waals surface area contributed by atoms with Gasteiger partial charge in [0.05, 0.1) is 0 Å². The molecule has 0 aliphatic rings. The minimum absolute atomic E-state index is 1.02. The van der Waals surface area contributed by atoms with Crippen molar-refractivity contribution in [3.05, 3.63) is 0 Å². The normalized spacial score (nSPS) is 12.0. The Morgan fingerprint density at radius 1 is 0.289 bits per heavy atom. The van der Waals surface area contributed by atoms with E-state index in [0.717, 1.165) is 5.92 Å². The molecule has 45 heavy (non-hydrogen) atoms. The largest absolute Gasteiger partial charge is 0.309 e. The third-order valence-electron chi connectivity index (χ3n) is 10.4. The van der Waals surface area contributed by atoms with Gasteiger partial charge < -0.3 is 9.80 Å². The van der Waals surface area contributed by atoms with Gasteiger partial charge in [-0.3, -0.25) is 0 Å². The summed E-state index contributed by atoms with van der Waals surface area (Å²) in [4.78, 5) is 5.17. The molecular weight excluding hydrogens is 544 g/mol. The summed E-state index contributed by atoms with van der Waals surface area (Å²) in [6, 6.07) is 0. The summed E-state index contributed by atoms with van der Waals surface area (Å²) in [5.74, 6) is 1.02. The highest BCUT2D eigenvalue weighted by Gasteiger charge is 2.09. The topological polar surface area (TPSA) is 6.48 Å². The molecule has 0 radical (unpaired) electrons. The minimum atomic E-state index is 1.02. The molecule has 2 heteroatoms. The number of rotatable bonds is 39. The zero-order valence-corrected chi connectivity index (χ0v) is 32.6. The fourth-order valence-electron chi connectivity index (χ4n) is 7.28. The first-order valence-corrected chi connectivity index (χ1v) is 21.5. The Hall–Kier alpha value is -0.0800. The molecular formula is C43H90N2. The minimum Gasteiger partial charge on any atom is -0.309 e. The van der Waals surface area contributed by atoms with Crippen LogP contribution in [0.3, 0.4) is 0 Å². The predicted molar refractivity (Wildman–Crippen MR) is 208 cm³/mol. The first kappa shape index (κ1) is 44.9. The molecule has 0 heterocycles. The van der Waals surface area contributed by atoms with Crippen molar-refractivity contribution in [2.24, 2.45) is 5.92 Å². The number of nitrogens with zero attached hydrogens (tertiary/aromatic N) is 2. The molecule has 0 aromatic rings. The highest BCUT2D eigenvalue weighted by atomic mass is 15.1. The highest BCUT2D eigenvalue weighted by molar-refractivity contribution is 4.64. The van der Waals surface area contributed by atoms with E-state index in [1.54, 1.807) is 0 Å². The van der Waals surface area contributed by atoms with Crippen molar-refractivity contribution in [2.45, 2.75) is 233 Å². The van der Waals surface area contributed by atoms with Crippen LogP contribution in [-0.2, 0) is 0 Å². The van der Waals surface area contributed by atoms with E-state index in [2.05, 4.69) is 44.7 Å². The van der Waals surface area contributed by atoms with Gasteiger partial charge in [0.1, 0.15) is 0 Å². The lowest BCUT2D eigenvalue weighted by molar-refractivity contribution is 0.244. The molecule has 0 saturated carbocycles. The molecule has 0 aromatic carbocycles. The second-order valence-corrected chi connectivity index (χ2v) is 15.4. The summed E-state index contributed by atoms with van der Waals surface area (Å²) < 4.78 is 0. The van der Waals surface area contributed by atoms with E-state index < -0.39 is 0 Å². The van der Waals surface area contributed by atoms with E-state index >= 15 is 0 Å². The van der Waals surface area contributed by atoms with Crippen molar-refractivity contribution >= 4 is 0 Å². The molecule has 2 nitrogen and oxygen atoms in total. The maximum absolute atomic E-state index is 2.82. The lowest BCUT2D eigenvalue weighted by atomic mass is 9.89. The van der Waals surface area contributed by atoms with Crippen LogP contribution in [-0.4, -0.2) is 50.1 Å². The Morgan fingerprint density at radius 2 is 0.556 bits per heavy atom. The molecule has 0 aliphatic carbocycles. The van der Waals surface area contributed by atoms with E-state index in [9.17, 15) is 0 Å². The molecule has 272 valence electrons. The van der Waals surface area contributed by atoms with Crippen LogP contribution in [0.4, 0.5) is 0 Å². The average molecular weight is 635 g/mol. The van der Waals surface area contributed by atoms with E-state index in [1.165, 1.54) is 238 Å². The number of unbranched alkanes of at least 4 members (excludes halogenated alkanes) is 25. The predicted octanol–water partition coefficient (Wildman–Crippen LogP) is 14.4. The van der Waals surface area contributed by atoms with Gasteiger partial charge in [0.15, 0.2) is 0 Å². The van der Waals surface area contributed by atoms with Crippen molar-refractivity contribution < 1.29 is 0 Å². The van der Waals surface area contributed by atoms with E-state index in [4.69, 9.17) is 0 Å². The monoisotopic (exact) mass is 635 g/mol. The average Bonchev–Trinajstić information content (AvgIpc) is 3.03. The fraction of sp³-hybridized carbons (Fsp3) is 1.00. The highest BCUT2D eigenvalue weighted by Crippen LogP contribution is 2.25. The van der Waals surface area contributed by atoms with Crippen LogP contribution in [0, 0.1) is 5.92 Å². The van der Waals surface area contributed by atoms with Gasteiger partial charge in [0, 0.05) is 0 Å². The molecule has 0 spiro atoms. The summed E-state index contributed by atoms with van der Waals surface area (Å²) >= 11 is 0. The van der Waals surface area contributed by atoms with Gasteiger partial charge >= 0.3 is 0 Å². The van der Waals surface area contributed by atoms with Crippen molar-refractivity contribution in [2.75, 3.05) is 40.3 Å². The van der Waals surface area contributed by atoms with Crippen molar-refractivity contribution in [3.8, 4) is 0 Å². The van der Waals surface area contributed by atoms with E-state index in [-0.39, 0.29) is 0 Å². The molecule has 0 fully saturated rings. The Morgan fingerprint density at radius 3 is 0.867 bits per heavy atom. The second kappa shape index (κ2) is 38.4. The molecule has 0 N–H and O–H groups in total. The lowest BCUT2D eigenvalue weighted by Gasteiger charge is -2.23. The van der Waals surface area contributed by atoms with Crippen LogP contribution < -0.4 is 0 Å². The summed E-state index contributed by atoms with van der Waals surface area (Å²) in [6.07, 6.45) is 48.0. The van der Waals surface area contributed by atoms with Crippen LogP contribution in [0.5, 0.6) is 0 Å². The first-order valence-electron chi connectivity index (χ1n) is 21.5. The summed E-state index contributed by atoms with van der Waals surface area (Å²) in [5.41, 5.74) is 0. The Bertz CT molecular complexity index is 502. The smallest absolute Gasteiger partial charge is 0.000655 e. The summed E-state index contributed by atoms with van der Waals surface area (Å²) in [6.45, 7) is 12.2. The number of hydrogen-bond acceptors (Lipinski definition) is 2. The molecule has 0 atom stereocenters. The van der Waals surface area contributed by atoms with Crippen LogP contribution in [0.1, 0.15) is 233 Å². The maximum Gasteiger partial charge on any atom is -0.000655 e. The third kappa shape index (κ3) is 36.6. The molecule has 0 amide bonds. The van der Waals surface area contributed by atoms with Crippen molar-refractivity contribution in [1.29, 1.82) is 0 Å². The summed E-state index contributed by atoms with van der Waals surface area (Å²) in [5, 5.41) is 0. The third-order valence-corrected chi connectivity index (χ3v) is 10.4. The Kier molecular flexibility index (Phi) is 38.3. The molecule has 0 bridgehead atoms. The van der Waals surface area contributed by atoms with Gasteiger partial charge in [-0.25, -0.2) is 0 Å². The SMILES string of the molecule is CCCCCCCCCCCCCCN(CCCCCCCC(CCCCCCCC)CCCCCCCC)CCCN(C)C. The van der Waals surface area contributed by atoms with Crippen LogP contribution in [0.25, 0.3) is 0 Å². The first-order chi connectivity index (χ1) is 22.1. The molecule has 0 unspecified atom stereocenters. The second-order valence-electron chi connectivity index (χ2n) is 15.4. The van der Waals surface area contributed by atoms with Crippen molar-refractivity contribution in [1.82, 2.24) is 9.80 Å². The van der Waals surface area contributed by atoms with Crippen LogP contribution >= 0.6 is 0 Å². The molecule has 0 aromatic heterocycles. The maximum atomic E-state index is 2.82. The fourth-order valence-corrected chi connectivity index (χ4v) is 7.28. The van der Waals surface area contributed by atoms with Gasteiger partial charge in [0.2, 0.25) is 0 Å². The van der Waals surface area contributed by atoms with Crippen LogP contribution in [0.15, 0.2) is 0 Å². The zero-order valence-electron chi connectivity index (χ0n) is 32.6. The van der Waals surface area contributed by atoms with Gasteiger partial charge in [-0.05, 0) is 65.5 Å². The molecule has 0 saturated heterocycles. The lowest BCUT2D eigenvalue weighted by Crippen LogP contribution is -2.29. The number of hydrogen-bond donors (Lipinski definition) is 0. The van der Waals surface area contributed by atoms with Gasteiger partial charge in [-0.1, -0.05) is 213 Å². The van der Waals surface area contributed by atoms with Gasteiger partial charge in [-0.15, -0.1) is 0 Å². The zero-order chi connectivity index (χ0) is 32.9. The summed E-state index contributed by atoms with van der Waals surface area (Å²) in [7, 11) is 4.45. The molecule has 0 aliphatic heterocycles. The molecule has 0 rings (SSSR count). The van der Waals surface area contributed by atoms with E-state index in [1.807, 2.05) is 0 Å². The van der Waals surface area contributed by atoms with Gasteiger partial charge in [0.25, 0.3) is 0 Å². The quantitative estimate of drug-likeness (QED) is 0.0621. The Labute approximate surface area is 288 Å². The standard InChI is InChI=1S/C43H90N2/c1-6-9-12-15-18-19-20-21-22-23-28-33-40-45(42-35-39-44(4)5)41-34-29-24-27-32-38-43(36-30-25-16-13-10-7-2)37-31-26-17-14-11-8-3/h43H,6-42H2,1-5H3.